The van der Waals surface area contributed by atoms with Gasteiger partial charge in [-0.05, 0) is 57.6 Å². The maximum Gasteiger partial charge on any atom is 0.245 e. The summed E-state index contributed by atoms with van der Waals surface area (Å²) in [6.07, 6.45) is 5.42. The topological polar surface area (TPSA) is 32.3 Å². The molecule has 1 fully saturated rings. The van der Waals surface area contributed by atoms with Gasteiger partial charge in [0, 0.05) is 17.8 Å². The zero-order chi connectivity index (χ0) is 14.1. The van der Waals surface area contributed by atoms with Gasteiger partial charge in [0.25, 0.3) is 0 Å². The maximum absolute atomic E-state index is 12.8. The summed E-state index contributed by atoms with van der Waals surface area (Å²) < 4.78 is 0. The van der Waals surface area contributed by atoms with E-state index in [0.29, 0.717) is 18.0 Å². The lowest BCUT2D eigenvalue weighted by molar-refractivity contribution is -0.138. The van der Waals surface area contributed by atoms with Crippen molar-refractivity contribution < 1.29 is 4.79 Å². The Labute approximate surface area is 121 Å². The zero-order valence-corrected chi connectivity index (χ0v) is 12.4. The second kappa shape index (κ2) is 5.47. The van der Waals surface area contributed by atoms with Crippen LogP contribution in [0.3, 0.4) is 0 Å². The highest BCUT2D eigenvalue weighted by atomic mass is 16.2. The quantitative estimate of drug-likeness (QED) is 0.851. The molecular formula is C17H24N2O. The lowest BCUT2D eigenvalue weighted by Crippen LogP contribution is -2.53. The molecular weight excluding hydrogens is 248 g/mol. The van der Waals surface area contributed by atoms with Crippen molar-refractivity contribution in [3.05, 3.63) is 29.8 Å². The predicted molar refractivity (Wildman–Crippen MR) is 81.8 cm³/mol. The molecule has 3 heteroatoms. The Balaban J connectivity index is 1.75. The molecule has 1 N–H and O–H groups in total. The first-order valence-electron chi connectivity index (χ1n) is 7.83. The van der Waals surface area contributed by atoms with Crippen LogP contribution in [0.2, 0.25) is 0 Å². The molecule has 0 aromatic heterocycles. The molecule has 1 unspecified atom stereocenters. The number of anilines is 1. The number of fused-ring (bicyclic) bond motifs is 1. The highest BCUT2D eigenvalue weighted by molar-refractivity contribution is 5.86. The highest BCUT2D eigenvalue weighted by Gasteiger charge is 2.34. The number of benzene rings is 1. The summed E-state index contributed by atoms with van der Waals surface area (Å²) in [5.74, 6) is 0.291. The SMILES string of the molecule is C[C@@H]1CCC[C@H](C)N1C(=O)C1CCc2ccccc2N1. The van der Waals surface area contributed by atoms with Gasteiger partial charge in [-0.15, -0.1) is 0 Å². The molecule has 3 nitrogen and oxygen atoms in total. The maximum atomic E-state index is 12.8. The van der Waals surface area contributed by atoms with Crippen molar-refractivity contribution in [3.8, 4) is 0 Å². The van der Waals surface area contributed by atoms with E-state index in [2.05, 4.69) is 42.3 Å². The lowest BCUT2D eigenvalue weighted by Gasteiger charge is -2.42. The first-order valence-corrected chi connectivity index (χ1v) is 7.83. The summed E-state index contributed by atoms with van der Waals surface area (Å²) in [4.78, 5) is 15.0. The van der Waals surface area contributed by atoms with Gasteiger partial charge in [-0.3, -0.25) is 4.79 Å². The molecule has 1 aromatic rings. The van der Waals surface area contributed by atoms with Crippen molar-refractivity contribution in [3.63, 3.8) is 0 Å². The van der Waals surface area contributed by atoms with E-state index in [4.69, 9.17) is 0 Å². The summed E-state index contributed by atoms with van der Waals surface area (Å²) in [6, 6.07) is 9.04. The number of carbonyl (C=O) groups is 1. The Kier molecular flexibility index (Phi) is 3.68. The van der Waals surface area contributed by atoms with Crippen LogP contribution >= 0.6 is 0 Å². The van der Waals surface area contributed by atoms with Gasteiger partial charge in [-0.2, -0.15) is 0 Å². The number of rotatable bonds is 1. The molecule has 0 bridgehead atoms. The van der Waals surface area contributed by atoms with E-state index >= 15 is 0 Å². The normalized spacial score (nSPS) is 29.5. The number of hydrogen-bond acceptors (Lipinski definition) is 2. The minimum Gasteiger partial charge on any atom is -0.373 e. The van der Waals surface area contributed by atoms with Gasteiger partial charge < -0.3 is 10.2 Å². The van der Waals surface area contributed by atoms with E-state index in [0.717, 1.165) is 31.4 Å². The molecule has 1 saturated heterocycles. The van der Waals surface area contributed by atoms with Crippen LogP contribution in [0, 0.1) is 0 Å². The molecule has 108 valence electrons. The van der Waals surface area contributed by atoms with Crippen molar-refractivity contribution in [2.75, 3.05) is 5.32 Å². The summed E-state index contributed by atoms with van der Waals surface area (Å²) in [7, 11) is 0. The number of hydrogen-bond donors (Lipinski definition) is 1. The predicted octanol–water partition coefficient (Wildman–Crippen LogP) is 3.20. The zero-order valence-electron chi connectivity index (χ0n) is 12.4. The molecule has 2 aliphatic rings. The number of amides is 1. The number of aryl methyl sites for hydroxylation is 1. The van der Waals surface area contributed by atoms with Gasteiger partial charge in [0.1, 0.15) is 6.04 Å². The molecule has 0 spiro atoms. The van der Waals surface area contributed by atoms with Crippen LogP contribution in [0.15, 0.2) is 24.3 Å². The van der Waals surface area contributed by atoms with Crippen LogP contribution in [0.25, 0.3) is 0 Å². The van der Waals surface area contributed by atoms with Crippen LogP contribution in [0.5, 0.6) is 0 Å². The highest BCUT2D eigenvalue weighted by Crippen LogP contribution is 2.28. The van der Waals surface area contributed by atoms with Gasteiger partial charge in [0.15, 0.2) is 0 Å². The van der Waals surface area contributed by atoms with Gasteiger partial charge in [0.05, 0.1) is 0 Å². The van der Waals surface area contributed by atoms with Gasteiger partial charge in [-0.1, -0.05) is 18.2 Å². The molecule has 20 heavy (non-hydrogen) atoms. The molecule has 3 rings (SSSR count). The van der Waals surface area contributed by atoms with Gasteiger partial charge >= 0.3 is 0 Å². The van der Waals surface area contributed by atoms with E-state index in [1.165, 1.54) is 12.0 Å². The van der Waals surface area contributed by atoms with Gasteiger partial charge in [0.2, 0.25) is 5.91 Å². The van der Waals surface area contributed by atoms with E-state index in [1.54, 1.807) is 0 Å². The van der Waals surface area contributed by atoms with Crippen LogP contribution in [-0.2, 0) is 11.2 Å². The number of likely N-dealkylation sites (tertiary alicyclic amines) is 1. The Morgan fingerprint density at radius 3 is 2.60 bits per heavy atom. The molecule has 2 heterocycles. The number of carbonyl (C=O) groups excluding carboxylic acids is 1. The second-order valence-electron chi connectivity index (χ2n) is 6.27. The Bertz CT molecular complexity index is 490. The van der Waals surface area contributed by atoms with Crippen molar-refractivity contribution in [1.29, 1.82) is 0 Å². The summed E-state index contributed by atoms with van der Waals surface area (Å²) >= 11 is 0. The van der Waals surface area contributed by atoms with Crippen molar-refractivity contribution in [1.82, 2.24) is 4.90 Å². The average Bonchev–Trinajstić information content (AvgIpc) is 2.46. The minimum absolute atomic E-state index is 0.0482. The first kappa shape index (κ1) is 13.5. The van der Waals surface area contributed by atoms with Crippen LogP contribution in [0.1, 0.15) is 45.1 Å². The standard InChI is InChI=1S/C17H24N2O/c1-12-6-5-7-13(2)19(12)17(20)16-11-10-14-8-3-4-9-15(14)18-16/h3-4,8-9,12-13,16,18H,5-7,10-11H2,1-2H3/t12-,13+,16?. The Morgan fingerprint density at radius 1 is 1.15 bits per heavy atom. The summed E-state index contributed by atoms with van der Waals surface area (Å²) in [5, 5.41) is 3.44. The first-order chi connectivity index (χ1) is 9.66. The third-order valence-corrected chi connectivity index (χ3v) is 4.80. The second-order valence-corrected chi connectivity index (χ2v) is 6.27. The van der Waals surface area contributed by atoms with Crippen molar-refractivity contribution in [2.45, 2.75) is 64.1 Å². The van der Waals surface area contributed by atoms with Crippen LogP contribution in [0.4, 0.5) is 5.69 Å². The van der Waals surface area contributed by atoms with E-state index in [1.807, 2.05) is 6.07 Å². The molecule has 1 aromatic carbocycles. The number of nitrogens with one attached hydrogen (secondary N) is 1. The van der Waals surface area contributed by atoms with E-state index in [9.17, 15) is 4.79 Å². The fraction of sp³-hybridized carbons (Fsp3) is 0.588. The summed E-state index contributed by atoms with van der Waals surface area (Å²) in [5.41, 5.74) is 2.46. The van der Waals surface area contributed by atoms with Crippen LogP contribution in [-0.4, -0.2) is 28.9 Å². The van der Waals surface area contributed by atoms with Crippen molar-refractivity contribution in [2.24, 2.45) is 0 Å². The molecule has 0 radical (unpaired) electrons. The average molecular weight is 272 g/mol. The smallest absolute Gasteiger partial charge is 0.245 e. The van der Waals surface area contributed by atoms with Crippen LogP contribution < -0.4 is 5.32 Å². The van der Waals surface area contributed by atoms with E-state index < -0.39 is 0 Å². The number of nitrogens with zero attached hydrogens (tertiary/aromatic N) is 1. The molecule has 3 atom stereocenters. The molecule has 0 aliphatic carbocycles. The molecule has 1 amide bonds. The van der Waals surface area contributed by atoms with Gasteiger partial charge in [-0.25, -0.2) is 0 Å². The van der Waals surface area contributed by atoms with Crippen molar-refractivity contribution >= 4 is 11.6 Å². The van der Waals surface area contributed by atoms with E-state index in [-0.39, 0.29) is 6.04 Å². The molecule has 0 saturated carbocycles. The monoisotopic (exact) mass is 272 g/mol. The third-order valence-electron chi connectivity index (χ3n) is 4.80. The fourth-order valence-electron chi connectivity index (χ4n) is 3.66. The molecule has 2 aliphatic heterocycles. The lowest BCUT2D eigenvalue weighted by atomic mass is 9.93. The Morgan fingerprint density at radius 2 is 1.85 bits per heavy atom. The number of para-hydroxylation sites is 1. The minimum atomic E-state index is -0.0482. The largest absolute Gasteiger partial charge is 0.373 e. The third kappa shape index (κ3) is 2.41. The number of piperidine rings is 1. The fourth-order valence-corrected chi connectivity index (χ4v) is 3.66. The Hall–Kier alpha value is -1.51. The summed E-state index contributed by atoms with van der Waals surface area (Å²) in [6.45, 7) is 4.37.